The lowest BCUT2D eigenvalue weighted by atomic mass is 9.74. The first-order valence-corrected chi connectivity index (χ1v) is 10.0. The Morgan fingerprint density at radius 2 is 1.73 bits per heavy atom. The molecule has 1 N–H and O–H groups in total. The molecule has 3 rings (SSSR count). The number of anilines is 1. The summed E-state index contributed by atoms with van der Waals surface area (Å²) in [6, 6.07) is 13.6. The van der Waals surface area contributed by atoms with Crippen molar-refractivity contribution in [2.45, 2.75) is 19.4 Å². The molecule has 2 aromatic carbocycles. The van der Waals surface area contributed by atoms with Crippen LogP contribution >= 0.6 is 11.6 Å². The quantitative estimate of drug-likeness (QED) is 0.551. The molecule has 6 nitrogen and oxygen atoms in total. The number of hydrogen-bond donors (Lipinski definition) is 1. The van der Waals surface area contributed by atoms with Crippen molar-refractivity contribution in [1.82, 2.24) is 0 Å². The zero-order chi connectivity index (χ0) is 21.7. The normalized spacial score (nSPS) is 20.4. The largest absolute Gasteiger partial charge is 0.465 e. The second-order valence-corrected chi connectivity index (χ2v) is 7.13. The Morgan fingerprint density at radius 1 is 1.07 bits per heavy atom. The Bertz CT molecular complexity index is 985. The highest BCUT2D eigenvalue weighted by atomic mass is 35.5. The standard InChI is InChI=1S/C23H22ClNO5/c1-3-29-21(27)19-20(26)17-7-5-6-8-18(17)25-23(19,22(28)30-4-2)14-13-15-9-11-16(24)12-10-15/h5-14,19,25H,3-4H2,1-2H3/b14-13+. The van der Waals surface area contributed by atoms with Crippen LogP contribution in [0, 0.1) is 5.92 Å². The summed E-state index contributed by atoms with van der Waals surface area (Å²) in [6.45, 7) is 3.46. The fraction of sp³-hybridized carbons (Fsp3) is 0.261. The molecule has 0 aliphatic carbocycles. The Hall–Kier alpha value is -3.12. The van der Waals surface area contributed by atoms with E-state index < -0.39 is 29.2 Å². The van der Waals surface area contributed by atoms with E-state index in [2.05, 4.69) is 5.32 Å². The second-order valence-electron chi connectivity index (χ2n) is 6.69. The average Bonchev–Trinajstić information content (AvgIpc) is 2.73. The van der Waals surface area contributed by atoms with E-state index >= 15 is 0 Å². The van der Waals surface area contributed by atoms with Gasteiger partial charge in [-0.1, -0.05) is 41.9 Å². The van der Waals surface area contributed by atoms with Crippen LogP contribution in [0.15, 0.2) is 54.6 Å². The number of halogens is 1. The van der Waals surface area contributed by atoms with Crippen LogP contribution in [0.2, 0.25) is 5.02 Å². The van der Waals surface area contributed by atoms with Gasteiger partial charge in [-0.15, -0.1) is 0 Å². The van der Waals surface area contributed by atoms with Gasteiger partial charge in [0.2, 0.25) is 0 Å². The summed E-state index contributed by atoms with van der Waals surface area (Å²) in [5, 5.41) is 3.65. The van der Waals surface area contributed by atoms with Gasteiger partial charge in [0.05, 0.1) is 13.2 Å². The van der Waals surface area contributed by atoms with Gasteiger partial charge in [0.25, 0.3) is 0 Å². The van der Waals surface area contributed by atoms with Crippen LogP contribution in [-0.2, 0) is 19.1 Å². The highest BCUT2D eigenvalue weighted by Gasteiger charge is 2.56. The minimum atomic E-state index is -1.76. The van der Waals surface area contributed by atoms with Gasteiger partial charge in [-0.25, -0.2) is 4.79 Å². The van der Waals surface area contributed by atoms with Gasteiger partial charge >= 0.3 is 11.9 Å². The van der Waals surface area contributed by atoms with Gasteiger partial charge in [-0.05, 0) is 49.8 Å². The summed E-state index contributed by atoms with van der Waals surface area (Å²) in [5.74, 6) is -3.47. The number of para-hydroxylation sites is 1. The predicted molar refractivity (Wildman–Crippen MR) is 114 cm³/mol. The minimum absolute atomic E-state index is 0.0735. The van der Waals surface area contributed by atoms with E-state index in [1.807, 2.05) is 0 Å². The number of nitrogens with one attached hydrogen (secondary N) is 1. The van der Waals surface area contributed by atoms with Gasteiger partial charge in [-0.2, -0.15) is 0 Å². The first-order valence-electron chi connectivity index (χ1n) is 9.63. The maximum Gasteiger partial charge on any atom is 0.337 e. The number of fused-ring (bicyclic) bond motifs is 1. The summed E-state index contributed by atoms with van der Waals surface area (Å²) in [4.78, 5) is 39.3. The van der Waals surface area contributed by atoms with E-state index in [0.29, 0.717) is 16.3 Å². The third kappa shape index (κ3) is 4.09. The zero-order valence-electron chi connectivity index (χ0n) is 16.7. The molecule has 0 saturated carbocycles. The van der Waals surface area contributed by atoms with E-state index in [1.165, 1.54) is 6.08 Å². The highest BCUT2D eigenvalue weighted by Crippen LogP contribution is 2.38. The molecule has 0 spiro atoms. The maximum absolute atomic E-state index is 13.3. The molecule has 2 aromatic rings. The molecule has 0 aromatic heterocycles. The number of hydrogen-bond acceptors (Lipinski definition) is 6. The number of rotatable bonds is 6. The number of ether oxygens (including phenoxy) is 2. The fourth-order valence-corrected chi connectivity index (χ4v) is 3.54. The Labute approximate surface area is 179 Å². The molecule has 0 amide bonds. The van der Waals surface area contributed by atoms with Crippen molar-refractivity contribution < 1.29 is 23.9 Å². The number of benzene rings is 2. The van der Waals surface area contributed by atoms with Crippen LogP contribution in [0.3, 0.4) is 0 Å². The van der Waals surface area contributed by atoms with Gasteiger partial charge < -0.3 is 14.8 Å². The maximum atomic E-state index is 13.3. The van der Waals surface area contributed by atoms with E-state index in [4.69, 9.17) is 21.1 Å². The molecule has 1 aliphatic heterocycles. The fourth-order valence-electron chi connectivity index (χ4n) is 3.41. The predicted octanol–water partition coefficient (Wildman–Crippen LogP) is 4.14. The summed E-state index contributed by atoms with van der Waals surface area (Å²) >= 11 is 5.94. The van der Waals surface area contributed by atoms with Crippen molar-refractivity contribution >= 4 is 41.1 Å². The monoisotopic (exact) mass is 427 g/mol. The second kappa shape index (κ2) is 9.13. The van der Waals surface area contributed by atoms with Crippen molar-refractivity contribution in [1.29, 1.82) is 0 Å². The third-order valence-corrected chi connectivity index (χ3v) is 5.05. The SMILES string of the molecule is CCOC(=O)C1C(=O)c2ccccc2NC1(/C=C/c1ccc(Cl)cc1)C(=O)OCC. The van der Waals surface area contributed by atoms with Crippen LogP contribution in [0.1, 0.15) is 29.8 Å². The van der Waals surface area contributed by atoms with Crippen molar-refractivity contribution in [3.8, 4) is 0 Å². The van der Waals surface area contributed by atoms with Crippen molar-refractivity contribution in [2.75, 3.05) is 18.5 Å². The van der Waals surface area contributed by atoms with E-state index in [1.54, 1.807) is 68.5 Å². The first-order chi connectivity index (χ1) is 14.4. The number of carbonyl (C=O) groups excluding carboxylic acids is 3. The van der Waals surface area contributed by atoms with Crippen LogP contribution in [0.4, 0.5) is 5.69 Å². The molecular weight excluding hydrogens is 406 g/mol. The summed E-state index contributed by atoms with van der Waals surface area (Å²) in [5.41, 5.74) is -0.265. The molecule has 0 saturated heterocycles. The molecule has 2 unspecified atom stereocenters. The molecule has 1 heterocycles. The smallest absolute Gasteiger partial charge is 0.337 e. The molecule has 30 heavy (non-hydrogen) atoms. The zero-order valence-corrected chi connectivity index (χ0v) is 17.4. The lowest BCUT2D eigenvalue weighted by Crippen LogP contribution is -2.60. The minimum Gasteiger partial charge on any atom is -0.465 e. The number of Topliss-reactive ketones (excluding diaryl/α,β-unsaturated/α-hetero) is 1. The highest BCUT2D eigenvalue weighted by molar-refractivity contribution is 6.30. The van der Waals surface area contributed by atoms with E-state index in [9.17, 15) is 14.4 Å². The number of ketones is 1. The Kier molecular flexibility index (Phi) is 6.57. The Morgan fingerprint density at radius 3 is 2.40 bits per heavy atom. The van der Waals surface area contributed by atoms with Gasteiger partial charge in [0, 0.05) is 16.3 Å². The summed E-state index contributed by atoms with van der Waals surface area (Å²) < 4.78 is 10.4. The number of esters is 2. The molecule has 1 aliphatic rings. The molecule has 2 atom stereocenters. The molecular formula is C23H22ClNO5. The third-order valence-electron chi connectivity index (χ3n) is 4.80. The first kappa shape index (κ1) is 21.6. The van der Waals surface area contributed by atoms with Gasteiger partial charge in [0.15, 0.2) is 17.2 Å². The van der Waals surface area contributed by atoms with E-state index in [-0.39, 0.29) is 13.2 Å². The number of carbonyl (C=O) groups is 3. The topological polar surface area (TPSA) is 81.7 Å². The summed E-state index contributed by atoms with van der Waals surface area (Å²) in [6.07, 6.45) is 3.14. The van der Waals surface area contributed by atoms with Crippen molar-refractivity contribution in [3.63, 3.8) is 0 Å². The van der Waals surface area contributed by atoms with Crippen LogP contribution in [0.5, 0.6) is 0 Å². The van der Waals surface area contributed by atoms with Crippen LogP contribution < -0.4 is 5.32 Å². The van der Waals surface area contributed by atoms with Crippen molar-refractivity contribution in [3.05, 3.63) is 70.8 Å². The van der Waals surface area contributed by atoms with E-state index in [0.717, 1.165) is 5.56 Å². The molecule has 0 bridgehead atoms. The van der Waals surface area contributed by atoms with Crippen LogP contribution in [0.25, 0.3) is 6.08 Å². The Balaban J connectivity index is 2.17. The molecule has 0 fully saturated rings. The lowest BCUT2D eigenvalue weighted by molar-refractivity contribution is -0.157. The van der Waals surface area contributed by atoms with Crippen LogP contribution in [-0.4, -0.2) is 36.5 Å². The molecule has 0 radical (unpaired) electrons. The van der Waals surface area contributed by atoms with Gasteiger partial charge in [0.1, 0.15) is 0 Å². The average molecular weight is 428 g/mol. The lowest BCUT2D eigenvalue weighted by Gasteiger charge is -2.39. The molecule has 156 valence electrons. The van der Waals surface area contributed by atoms with Crippen molar-refractivity contribution in [2.24, 2.45) is 5.92 Å². The molecule has 7 heteroatoms. The van der Waals surface area contributed by atoms with Gasteiger partial charge in [-0.3, -0.25) is 9.59 Å². The summed E-state index contributed by atoms with van der Waals surface area (Å²) in [7, 11) is 0.